The molecule has 1 rings (SSSR count). The number of ether oxygens (including phenoxy) is 1. The highest BCUT2D eigenvalue weighted by molar-refractivity contribution is 5.78. The maximum Gasteiger partial charge on any atom is 0.323 e. The monoisotopic (exact) mass is 286 g/mol. The Balaban J connectivity index is 2.58. The van der Waals surface area contributed by atoms with Crippen molar-refractivity contribution < 1.29 is 14.6 Å². The standard InChI is InChI=1S/C15H30N2O3/c1-11(2)16-15(4,14(18)19)8-12(3)17-7-6-13(9-17)10-20-5/h11-13,16H,6-10H2,1-5H3,(H,18,19). The molecule has 5 nitrogen and oxygen atoms in total. The highest BCUT2D eigenvalue weighted by atomic mass is 16.5. The second kappa shape index (κ2) is 7.38. The van der Waals surface area contributed by atoms with Crippen molar-refractivity contribution in [3.05, 3.63) is 0 Å². The van der Waals surface area contributed by atoms with Crippen molar-refractivity contribution in [2.45, 2.75) is 58.2 Å². The highest BCUT2D eigenvalue weighted by Crippen LogP contribution is 2.24. The predicted molar refractivity (Wildman–Crippen MR) is 79.9 cm³/mol. The van der Waals surface area contributed by atoms with Gasteiger partial charge in [0.25, 0.3) is 0 Å². The predicted octanol–water partition coefficient (Wildman–Crippen LogP) is 1.57. The Hall–Kier alpha value is -0.650. The van der Waals surface area contributed by atoms with E-state index in [2.05, 4.69) is 17.1 Å². The summed E-state index contributed by atoms with van der Waals surface area (Å²) >= 11 is 0. The lowest BCUT2D eigenvalue weighted by molar-refractivity contribution is -0.145. The van der Waals surface area contributed by atoms with Crippen molar-refractivity contribution in [1.82, 2.24) is 10.2 Å². The molecule has 0 saturated carbocycles. The molecular weight excluding hydrogens is 256 g/mol. The molecule has 0 radical (unpaired) electrons. The summed E-state index contributed by atoms with van der Waals surface area (Å²) < 4.78 is 5.21. The summed E-state index contributed by atoms with van der Waals surface area (Å²) in [5.74, 6) is -0.192. The van der Waals surface area contributed by atoms with Crippen LogP contribution in [0, 0.1) is 5.92 Å². The van der Waals surface area contributed by atoms with Crippen LogP contribution in [-0.4, -0.2) is 60.4 Å². The number of carbonyl (C=O) groups is 1. The van der Waals surface area contributed by atoms with E-state index in [4.69, 9.17) is 4.74 Å². The minimum Gasteiger partial charge on any atom is -0.480 e. The first-order valence-electron chi connectivity index (χ1n) is 7.52. The molecule has 0 aromatic carbocycles. The van der Waals surface area contributed by atoms with Crippen LogP contribution in [0.2, 0.25) is 0 Å². The maximum atomic E-state index is 11.6. The molecule has 1 heterocycles. The molecule has 1 aliphatic heterocycles. The van der Waals surface area contributed by atoms with E-state index in [-0.39, 0.29) is 12.1 Å². The summed E-state index contributed by atoms with van der Waals surface area (Å²) in [7, 11) is 1.74. The van der Waals surface area contributed by atoms with Gasteiger partial charge in [-0.3, -0.25) is 10.1 Å². The number of rotatable bonds is 8. The van der Waals surface area contributed by atoms with Gasteiger partial charge < -0.3 is 14.7 Å². The van der Waals surface area contributed by atoms with Crippen LogP contribution in [0.15, 0.2) is 0 Å². The SMILES string of the molecule is COCC1CCN(C(C)CC(C)(NC(C)C)C(=O)O)C1. The first-order valence-corrected chi connectivity index (χ1v) is 7.52. The summed E-state index contributed by atoms with van der Waals surface area (Å²) in [5.41, 5.74) is -0.868. The van der Waals surface area contributed by atoms with Gasteiger partial charge in [-0.05, 0) is 53.0 Å². The Bertz CT molecular complexity index is 322. The van der Waals surface area contributed by atoms with Gasteiger partial charge in [-0.1, -0.05) is 0 Å². The molecular formula is C15H30N2O3. The van der Waals surface area contributed by atoms with Crippen LogP contribution in [0.1, 0.15) is 40.5 Å². The quantitative estimate of drug-likeness (QED) is 0.709. The number of carboxylic acid groups (broad SMARTS) is 1. The molecule has 1 aliphatic rings. The van der Waals surface area contributed by atoms with Crippen LogP contribution in [0.25, 0.3) is 0 Å². The van der Waals surface area contributed by atoms with Crippen molar-refractivity contribution in [3.63, 3.8) is 0 Å². The lowest BCUT2D eigenvalue weighted by Gasteiger charge is -2.34. The van der Waals surface area contributed by atoms with Crippen LogP contribution in [0.3, 0.4) is 0 Å². The molecule has 118 valence electrons. The number of aliphatic carboxylic acids is 1. The van der Waals surface area contributed by atoms with E-state index in [1.807, 2.05) is 13.8 Å². The normalized spacial score (nSPS) is 24.8. The largest absolute Gasteiger partial charge is 0.480 e. The average molecular weight is 286 g/mol. The van der Waals surface area contributed by atoms with Gasteiger partial charge in [0, 0.05) is 25.7 Å². The molecule has 1 fully saturated rings. The molecule has 0 amide bonds. The fraction of sp³-hybridized carbons (Fsp3) is 0.933. The molecule has 2 N–H and O–H groups in total. The van der Waals surface area contributed by atoms with Gasteiger partial charge in [0.05, 0.1) is 6.61 Å². The zero-order chi connectivity index (χ0) is 15.3. The van der Waals surface area contributed by atoms with Gasteiger partial charge in [-0.2, -0.15) is 0 Å². The summed E-state index contributed by atoms with van der Waals surface area (Å²) in [6.07, 6.45) is 1.75. The minimum atomic E-state index is -0.868. The third kappa shape index (κ3) is 4.72. The first-order chi connectivity index (χ1) is 9.28. The van der Waals surface area contributed by atoms with E-state index in [0.29, 0.717) is 12.3 Å². The van der Waals surface area contributed by atoms with Gasteiger partial charge in [0.1, 0.15) is 5.54 Å². The summed E-state index contributed by atoms with van der Waals surface area (Å²) in [4.78, 5) is 14.0. The van der Waals surface area contributed by atoms with Gasteiger partial charge in [0.15, 0.2) is 0 Å². The zero-order valence-electron chi connectivity index (χ0n) is 13.5. The first kappa shape index (κ1) is 17.4. The van der Waals surface area contributed by atoms with E-state index in [1.165, 1.54) is 0 Å². The van der Waals surface area contributed by atoms with E-state index in [0.717, 1.165) is 26.1 Å². The second-order valence-corrected chi connectivity index (χ2v) is 6.59. The molecule has 3 unspecified atom stereocenters. The lowest BCUT2D eigenvalue weighted by Crippen LogP contribution is -2.55. The Morgan fingerprint density at radius 2 is 2.15 bits per heavy atom. The van der Waals surface area contributed by atoms with Crippen molar-refractivity contribution in [1.29, 1.82) is 0 Å². The topological polar surface area (TPSA) is 61.8 Å². The van der Waals surface area contributed by atoms with E-state index in [1.54, 1.807) is 14.0 Å². The molecule has 3 atom stereocenters. The number of nitrogens with one attached hydrogen (secondary N) is 1. The molecule has 0 bridgehead atoms. The lowest BCUT2D eigenvalue weighted by atomic mass is 9.92. The molecule has 1 saturated heterocycles. The number of nitrogens with zero attached hydrogens (tertiary/aromatic N) is 1. The van der Waals surface area contributed by atoms with Crippen molar-refractivity contribution in [2.24, 2.45) is 5.92 Å². The third-order valence-electron chi connectivity index (χ3n) is 4.13. The summed E-state index contributed by atoms with van der Waals surface area (Å²) in [6, 6.07) is 0.410. The zero-order valence-corrected chi connectivity index (χ0v) is 13.5. The van der Waals surface area contributed by atoms with Crippen LogP contribution in [0.5, 0.6) is 0 Å². The van der Waals surface area contributed by atoms with E-state index < -0.39 is 11.5 Å². The number of hydrogen-bond donors (Lipinski definition) is 2. The van der Waals surface area contributed by atoms with Gasteiger partial charge in [-0.25, -0.2) is 0 Å². The Labute approximate surface area is 122 Å². The Kier molecular flexibility index (Phi) is 6.43. The highest BCUT2D eigenvalue weighted by Gasteiger charge is 2.37. The molecule has 0 aromatic heterocycles. The average Bonchev–Trinajstić information content (AvgIpc) is 2.76. The van der Waals surface area contributed by atoms with Gasteiger partial charge in [-0.15, -0.1) is 0 Å². The van der Waals surface area contributed by atoms with Crippen molar-refractivity contribution in [3.8, 4) is 0 Å². The number of hydrogen-bond acceptors (Lipinski definition) is 4. The Morgan fingerprint density at radius 3 is 2.65 bits per heavy atom. The number of carboxylic acids is 1. The fourth-order valence-electron chi connectivity index (χ4n) is 3.20. The molecule has 0 aromatic rings. The number of likely N-dealkylation sites (tertiary alicyclic amines) is 1. The van der Waals surface area contributed by atoms with Crippen LogP contribution < -0.4 is 5.32 Å². The fourth-order valence-corrected chi connectivity index (χ4v) is 3.20. The second-order valence-electron chi connectivity index (χ2n) is 6.59. The third-order valence-corrected chi connectivity index (χ3v) is 4.13. The van der Waals surface area contributed by atoms with E-state index >= 15 is 0 Å². The number of methoxy groups -OCH3 is 1. The minimum absolute atomic E-state index is 0.156. The Morgan fingerprint density at radius 1 is 1.50 bits per heavy atom. The molecule has 5 heteroatoms. The maximum absolute atomic E-state index is 11.6. The summed E-state index contributed by atoms with van der Waals surface area (Å²) in [6.45, 7) is 10.7. The molecule has 0 spiro atoms. The van der Waals surface area contributed by atoms with Crippen molar-refractivity contribution >= 4 is 5.97 Å². The smallest absolute Gasteiger partial charge is 0.323 e. The summed E-state index contributed by atoms with van der Waals surface area (Å²) in [5, 5.41) is 12.7. The van der Waals surface area contributed by atoms with Crippen molar-refractivity contribution in [2.75, 3.05) is 26.8 Å². The van der Waals surface area contributed by atoms with Crippen LogP contribution >= 0.6 is 0 Å². The van der Waals surface area contributed by atoms with Crippen LogP contribution in [-0.2, 0) is 9.53 Å². The van der Waals surface area contributed by atoms with Crippen LogP contribution in [0.4, 0.5) is 0 Å². The van der Waals surface area contributed by atoms with Gasteiger partial charge in [0.2, 0.25) is 0 Å². The molecule has 0 aliphatic carbocycles. The molecule has 20 heavy (non-hydrogen) atoms. The van der Waals surface area contributed by atoms with E-state index in [9.17, 15) is 9.90 Å². The van der Waals surface area contributed by atoms with Gasteiger partial charge >= 0.3 is 5.97 Å².